The van der Waals surface area contributed by atoms with Crippen LogP contribution in [-0.2, 0) is 10.0 Å². The summed E-state index contributed by atoms with van der Waals surface area (Å²) in [4.78, 5) is 17.6. The highest BCUT2D eigenvalue weighted by Crippen LogP contribution is 2.21. The van der Waals surface area contributed by atoms with Crippen molar-refractivity contribution in [3.05, 3.63) is 89.5 Å². The number of nitrogens with one attached hydrogen (secondary N) is 2. The van der Waals surface area contributed by atoms with Crippen molar-refractivity contribution in [1.82, 2.24) is 10.2 Å². The molecule has 1 amide bonds. The van der Waals surface area contributed by atoms with Gasteiger partial charge in [-0.1, -0.05) is 42.5 Å². The number of rotatable bonds is 8. The molecule has 35 heavy (non-hydrogen) atoms. The van der Waals surface area contributed by atoms with Gasteiger partial charge < -0.3 is 10.2 Å². The number of piperazine rings is 1. The van der Waals surface area contributed by atoms with Crippen LogP contribution in [0.5, 0.6) is 0 Å². The molecule has 1 aliphatic rings. The van der Waals surface area contributed by atoms with E-state index in [-0.39, 0.29) is 10.8 Å². The summed E-state index contributed by atoms with van der Waals surface area (Å²) in [5.41, 5.74) is 3.68. The zero-order valence-electron chi connectivity index (χ0n) is 20.2. The Kier molecular flexibility index (Phi) is 7.73. The highest BCUT2D eigenvalue weighted by atomic mass is 32.2. The van der Waals surface area contributed by atoms with E-state index in [9.17, 15) is 13.2 Å². The van der Waals surface area contributed by atoms with Crippen LogP contribution in [0.1, 0.15) is 21.5 Å². The van der Waals surface area contributed by atoms with Crippen molar-refractivity contribution >= 4 is 27.3 Å². The van der Waals surface area contributed by atoms with Gasteiger partial charge in [-0.3, -0.25) is 14.4 Å². The molecule has 7 nitrogen and oxygen atoms in total. The van der Waals surface area contributed by atoms with Gasteiger partial charge in [0.05, 0.1) is 10.6 Å². The maximum absolute atomic E-state index is 12.9. The molecular weight excluding hydrogens is 460 g/mol. The fraction of sp³-hybridized carbons (Fsp3) is 0.296. The average Bonchev–Trinajstić information content (AvgIpc) is 2.86. The van der Waals surface area contributed by atoms with Gasteiger partial charge in [-0.05, 0) is 55.3 Å². The van der Waals surface area contributed by atoms with Crippen molar-refractivity contribution in [3.63, 3.8) is 0 Å². The van der Waals surface area contributed by atoms with Gasteiger partial charge in [0, 0.05) is 50.5 Å². The fourth-order valence-corrected chi connectivity index (χ4v) is 5.35. The van der Waals surface area contributed by atoms with E-state index in [1.807, 2.05) is 32.0 Å². The van der Waals surface area contributed by atoms with Gasteiger partial charge in [0.15, 0.2) is 0 Å². The number of anilines is 2. The molecule has 0 radical (unpaired) electrons. The molecular formula is C27H32N4O3S. The van der Waals surface area contributed by atoms with Crippen LogP contribution in [0.3, 0.4) is 0 Å². The van der Waals surface area contributed by atoms with E-state index in [1.165, 1.54) is 17.8 Å². The van der Waals surface area contributed by atoms with Gasteiger partial charge >= 0.3 is 0 Å². The lowest BCUT2D eigenvalue weighted by atomic mass is 10.1. The second kappa shape index (κ2) is 10.9. The monoisotopic (exact) mass is 492 g/mol. The molecule has 0 aromatic heterocycles. The minimum atomic E-state index is -3.82. The number of carbonyl (C=O) groups is 1. The zero-order valence-corrected chi connectivity index (χ0v) is 21.0. The Morgan fingerprint density at radius 1 is 0.857 bits per heavy atom. The lowest BCUT2D eigenvalue weighted by Gasteiger charge is -2.36. The largest absolute Gasteiger partial charge is 0.369 e. The Morgan fingerprint density at radius 2 is 1.54 bits per heavy atom. The minimum Gasteiger partial charge on any atom is -0.369 e. The maximum Gasteiger partial charge on any atom is 0.261 e. The maximum atomic E-state index is 12.9. The van der Waals surface area contributed by atoms with Crippen molar-refractivity contribution in [2.75, 3.05) is 48.9 Å². The second-order valence-electron chi connectivity index (χ2n) is 8.82. The summed E-state index contributed by atoms with van der Waals surface area (Å²) in [5.74, 6) is -0.265. The minimum absolute atomic E-state index is 0.0635. The number of benzene rings is 3. The van der Waals surface area contributed by atoms with Crippen molar-refractivity contribution in [2.24, 2.45) is 0 Å². The smallest absolute Gasteiger partial charge is 0.261 e. The summed E-state index contributed by atoms with van der Waals surface area (Å²) >= 11 is 0. The normalized spacial score (nSPS) is 14.5. The number of amides is 1. The van der Waals surface area contributed by atoms with Crippen LogP contribution in [0, 0.1) is 13.8 Å². The Hall–Kier alpha value is -3.36. The van der Waals surface area contributed by atoms with E-state index in [0.717, 1.165) is 43.9 Å². The Balaban J connectivity index is 1.33. The van der Waals surface area contributed by atoms with Crippen LogP contribution < -0.4 is 14.9 Å². The molecule has 8 heteroatoms. The number of hydrogen-bond acceptors (Lipinski definition) is 5. The molecule has 3 aromatic rings. The Bertz CT molecular complexity index is 1270. The molecule has 1 fully saturated rings. The number of aryl methyl sites for hydroxylation is 2. The second-order valence-corrected chi connectivity index (χ2v) is 10.5. The van der Waals surface area contributed by atoms with E-state index < -0.39 is 10.0 Å². The predicted octanol–water partition coefficient (Wildman–Crippen LogP) is 3.66. The first-order valence-electron chi connectivity index (χ1n) is 11.8. The van der Waals surface area contributed by atoms with Gasteiger partial charge in [0.1, 0.15) is 0 Å². The molecule has 0 spiro atoms. The number of para-hydroxylation sites is 2. The summed E-state index contributed by atoms with van der Waals surface area (Å²) in [6, 6.07) is 22.2. The van der Waals surface area contributed by atoms with Crippen molar-refractivity contribution in [3.8, 4) is 0 Å². The summed E-state index contributed by atoms with van der Waals surface area (Å²) < 4.78 is 28.5. The molecule has 1 heterocycles. The van der Waals surface area contributed by atoms with Crippen LogP contribution in [0.25, 0.3) is 0 Å². The van der Waals surface area contributed by atoms with Crippen LogP contribution in [0.2, 0.25) is 0 Å². The van der Waals surface area contributed by atoms with Gasteiger partial charge in [0.2, 0.25) is 0 Å². The summed E-state index contributed by atoms with van der Waals surface area (Å²) in [5, 5.41) is 2.96. The topological polar surface area (TPSA) is 81.7 Å². The van der Waals surface area contributed by atoms with Gasteiger partial charge in [-0.15, -0.1) is 0 Å². The predicted molar refractivity (Wildman–Crippen MR) is 141 cm³/mol. The van der Waals surface area contributed by atoms with E-state index in [0.29, 0.717) is 17.8 Å². The molecule has 2 N–H and O–H groups in total. The Labute approximate surface area is 207 Å². The first kappa shape index (κ1) is 24.8. The molecule has 0 unspecified atom stereocenters. The number of hydrogen-bond donors (Lipinski definition) is 2. The third kappa shape index (κ3) is 6.21. The molecule has 4 rings (SSSR count). The van der Waals surface area contributed by atoms with Crippen molar-refractivity contribution in [1.29, 1.82) is 0 Å². The van der Waals surface area contributed by atoms with E-state index >= 15 is 0 Å². The molecule has 3 aromatic carbocycles. The first-order chi connectivity index (χ1) is 16.8. The summed E-state index contributed by atoms with van der Waals surface area (Å²) in [6.07, 6.45) is 0. The number of nitrogens with zero attached hydrogens (tertiary/aromatic N) is 2. The lowest BCUT2D eigenvalue weighted by Crippen LogP contribution is -2.48. The highest BCUT2D eigenvalue weighted by Gasteiger charge is 2.20. The Morgan fingerprint density at radius 3 is 2.26 bits per heavy atom. The summed E-state index contributed by atoms with van der Waals surface area (Å²) in [7, 11) is -3.82. The quantitative estimate of drug-likeness (QED) is 0.502. The highest BCUT2D eigenvalue weighted by molar-refractivity contribution is 7.92. The molecule has 1 aliphatic heterocycles. The van der Waals surface area contributed by atoms with Crippen molar-refractivity contribution < 1.29 is 13.2 Å². The van der Waals surface area contributed by atoms with Crippen LogP contribution >= 0.6 is 0 Å². The van der Waals surface area contributed by atoms with Crippen LogP contribution in [-0.4, -0.2) is 58.5 Å². The van der Waals surface area contributed by atoms with E-state index in [2.05, 4.69) is 44.1 Å². The molecule has 184 valence electrons. The fourth-order valence-electron chi connectivity index (χ4n) is 4.20. The molecule has 0 bridgehead atoms. The average molecular weight is 493 g/mol. The third-order valence-electron chi connectivity index (χ3n) is 6.36. The first-order valence-corrected chi connectivity index (χ1v) is 13.3. The SMILES string of the molecule is Cc1ccccc1NS(=O)(=O)c1ccc(C)c(C(=O)NCCN2CCN(c3ccccc3)CC2)c1. The van der Waals surface area contributed by atoms with Crippen molar-refractivity contribution in [2.45, 2.75) is 18.7 Å². The zero-order chi connectivity index (χ0) is 24.8. The summed E-state index contributed by atoms with van der Waals surface area (Å²) in [6.45, 7) is 8.67. The molecule has 0 saturated carbocycles. The standard InChI is InChI=1S/C27H32N4O3S/c1-21-12-13-24(35(33,34)29-26-11-7-6-8-22(26)2)20-25(21)27(32)28-14-15-30-16-18-31(19-17-30)23-9-4-3-5-10-23/h3-13,20,29H,14-19H2,1-2H3,(H,28,32). The van der Waals surface area contributed by atoms with E-state index in [1.54, 1.807) is 18.2 Å². The van der Waals surface area contributed by atoms with Gasteiger partial charge in [-0.25, -0.2) is 8.42 Å². The van der Waals surface area contributed by atoms with E-state index in [4.69, 9.17) is 0 Å². The molecule has 0 aliphatic carbocycles. The van der Waals surface area contributed by atoms with Gasteiger partial charge in [0.25, 0.3) is 15.9 Å². The van der Waals surface area contributed by atoms with Crippen LogP contribution in [0.4, 0.5) is 11.4 Å². The number of carbonyl (C=O) groups excluding carboxylic acids is 1. The lowest BCUT2D eigenvalue weighted by molar-refractivity contribution is 0.0947. The molecule has 1 saturated heterocycles. The van der Waals surface area contributed by atoms with Gasteiger partial charge in [-0.2, -0.15) is 0 Å². The third-order valence-corrected chi connectivity index (χ3v) is 7.72. The number of sulfonamides is 1. The van der Waals surface area contributed by atoms with Crippen LogP contribution in [0.15, 0.2) is 77.7 Å². The molecule has 0 atom stereocenters.